The average Bonchev–Trinajstić information content (AvgIpc) is 2.70. The van der Waals surface area contributed by atoms with E-state index in [1.165, 1.54) is 5.56 Å². The standard InChI is InChI=1S/C24H30N2O4/c1-15(2)18-10-12-19(13-11-18)25-21(27)14-30-24(29)22(16(3)4)26-23(28)20-9-7-6-8-17(20)5/h6-13,15-16,22H,14H2,1-5H3,(H,25,27)(H,26,28)/t22-/m0/s1. The molecule has 30 heavy (non-hydrogen) atoms. The Labute approximate surface area is 178 Å². The number of aryl methyl sites for hydroxylation is 1. The first-order valence-corrected chi connectivity index (χ1v) is 10.1. The van der Waals surface area contributed by atoms with Gasteiger partial charge in [0.15, 0.2) is 6.61 Å². The molecule has 0 fully saturated rings. The van der Waals surface area contributed by atoms with E-state index in [4.69, 9.17) is 4.74 Å². The molecule has 0 radical (unpaired) electrons. The molecule has 0 aliphatic heterocycles. The van der Waals surface area contributed by atoms with E-state index in [-0.39, 0.29) is 11.8 Å². The van der Waals surface area contributed by atoms with Crippen LogP contribution in [-0.2, 0) is 14.3 Å². The number of rotatable bonds is 8. The molecule has 160 valence electrons. The van der Waals surface area contributed by atoms with Crippen molar-refractivity contribution in [2.75, 3.05) is 11.9 Å². The minimum Gasteiger partial charge on any atom is -0.454 e. The normalized spacial score (nSPS) is 11.8. The minimum atomic E-state index is -0.852. The van der Waals surface area contributed by atoms with E-state index in [0.29, 0.717) is 17.2 Å². The van der Waals surface area contributed by atoms with Gasteiger partial charge in [0.25, 0.3) is 11.8 Å². The first kappa shape index (κ1) is 23.1. The second-order valence-electron chi connectivity index (χ2n) is 7.94. The van der Waals surface area contributed by atoms with Crippen LogP contribution in [0.1, 0.15) is 55.1 Å². The Hall–Kier alpha value is -3.15. The van der Waals surface area contributed by atoms with Crippen LogP contribution in [0, 0.1) is 12.8 Å². The number of hydrogen-bond acceptors (Lipinski definition) is 4. The molecule has 0 bridgehead atoms. The fraction of sp³-hybridized carbons (Fsp3) is 0.375. The summed E-state index contributed by atoms with van der Waals surface area (Å²) in [5, 5.41) is 5.42. The molecule has 0 heterocycles. The average molecular weight is 411 g/mol. The summed E-state index contributed by atoms with van der Waals surface area (Å²) in [5.41, 5.74) is 3.12. The Bertz CT molecular complexity index is 888. The summed E-state index contributed by atoms with van der Waals surface area (Å²) >= 11 is 0. The van der Waals surface area contributed by atoms with Crippen LogP contribution in [0.2, 0.25) is 0 Å². The monoisotopic (exact) mass is 410 g/mol. The van der Waals surface area contributed by atoms with Crippen molar-refractivity contribution in [3.05, 3.63) is 65.2 Å². The van der Waals surface area contributed by atoms with Crippen LogP contribution in [0.25, 0.3) is 0 Å². The van der Waals surface area contributed by atoms with Crippen molar-refractivity contribution in [2.24, 2.45) is 5.92 Å². The van der Waals surface area contributed by atoms with E-state index < -0.39 is 24.5 Å². The Kier molecular flexibility index (Phi) is 8.16. The highest BCUT2D eigenvalue weighted by Crippen LogP contribution is 2.17. The number of benzene rings is 2. The van der Waals surface area contributed by atoms with Gasteiger partial charge in [-0.05, 0) is 48.1 Å². The van der Waals surface area contributed by atoms with Crippen LogP contribution in [0.5, 0.6) is 0 Å². The molecule has 2 aromatic carbocycles. The lowest BCUT2D eigenvalue weighted by molar-refractivity contribution is -0.150. The van der Waals surface area contributed by atoms with Crippen LogP contribution in [0.3, 0.4) is 0 Å². The molecule has 0 aliphatic carbocycles. The number of ether oxygens (including phenoxy) is 1. The number of anilines is 1. The predicted molar refractivity (Wildman–Crippen MR) is 117 cm³/mol. The Morgan fingerprint density at radius 1 is 0.933 bits per heavy atom. The van der Waals surface area contributed by atoms with Crippen LogP contribution < -0.4 is 10.6 Å². The predicted octanol–water partition coefficient (Wildman–Crippen LogP) is 4.05. The van der Waals surface area contributed by atoms with Crippen molar-refractivity contribution in [1.82, 2.24) is 5.32 Å². The number of esters is 1. The first-order chi connectivity index (χ1) is 14.2. The SMILES string of the molecule is Cc1ccccc1C(=O)N[C@H](C(=O)OCC(=O)Nc1ccc(C(C)C)cc1)C(C)C. The van der Waals surface area contributed by atoms with Gasteiger partial charge in [0, 0.05) is 11.3 Å². The summed E-state index contributed by atoms with van der Waals surface area (Å²) in [6, 6.07) is 13.8. The summed E-state index contributed by atoms with van der Waals surface area (Å²) in [5.74, 6) is -1.22. The number of nitrogens with one attached hydrogen (secondary N) is 2. The van der Waals surface area contributed by atoms with Gasteiger partial charge < -0.3 is 15.4 Å². The lowest BCUT2D eigenvalue weighted by Crippen LogP contribution is -2.46. The quantitative estimate of drug-likeness (QED) is 0.643. The largest absolute Gasteiger partial charge is 0.454 e. The first-order valence-electron chi connectivity index (χ1n) is 10.1. The van der Waals surface area contributed by atoms with E-state index >= 15 is 0 Å². The molecule has 6 heteroatoms. The summed E-state index contributed by atoms with van der Waals surface area (Å²) in [4.78, 5) is 37.2. The second-order valence-corrected chi connectivity index (χ2v) is 7.94. The molecule has 0 unspecified atom stereocenters. The van der Waals surface area contributed by atoms with E-state index in [2.05, 4.69) is 24.5 Å². The fourth-order valence-electron chi connectivity index (χ4n) is 2.92. The Balaban J connectivity index is 1.92. The minimum absolute atomic E-state index is 0.197. The van der Waals surface area contributed by atoms with Crippen LogP contribution in [0.4, 0.5) is 5.69 Å². The molecular formula is C24H30N2O4. The zero-order valence-corrected chi connectivity index (χ0v) is 18.2. The summed E-state index contributed by atoms with van der Waals surface area (Å²) in [6.45, 7) is 9.21. The molecule has 2 rings (SSSR count). The van der Waals surface area contributed by atoms with E-state index in [0.717, 1.165) is 5.56 Å². The third kappa shape index (κ3) is 6.44. The molecule has 0 aromatic heterocycles. The van der Waals surface area contributed by atoms with Gasteiger partial charge in [-0.2, -0.15) is 0 Å². The highest BCUT2D eigenvalue weighted by molar-refractivity contribution is 5.98. The van der Waals surface area contributed by atoms with Crippen molar-refractivity contribution < 1.29 is 19.1 Å². The highest BCUT2D eigenvalue weighted by atomic mass is 16.5. The van der Waals surface area contributed by atoms with E-state index in [1.807, 2.05) is 43.3 Å². The zero-order valence-electron chi connectivity index (χ0n) is 18.2. The van der Waals surface area contributed by atoms with Gasteiger partial charge in [0.05, 0.1) is 0 Å². The maximum absolute atomic E-state index is 12.5. The third-order valence-electron chi connectivity index (χ3n) is 4.80. The fourth-order valence-corrected chi connectivity index (χ4v) is 2.92. The van der Waals surface area contributed by atoms with Gasteiger partial charge in [-0.25, -0.2) is 4.79 Å². The molecule has 1 atom stereocenters. The van der Waals surface area contributed by atoms with Crippen molar-refractivity contribution in [3.8, 4) is 0 Å². The second kappa shape index (κ2) is 10.6. The molecule has 0 aliphatic rings. The number of amides is 2. The van der Waals surface area contributed by atoms with Crippen molar-refractivity contribution in [1.29, 1.82) is 0 Å². The molecule has 6 nitrogen and oxygen atoms in total. The summed E-state index contributed by atoms with van der Waals surface area (Å²) in [7, 11) is 0. The molecular weight excluding hydrogens is 380 g/mol. The smallest absolute Gasteiger partial charge is 0.329 e. The topological polar surface area (TPSA) is 84.5 Å². The van der Waals surface area contributed by atoms with Crippen LogP contribution in [-0.4, -0.2) is 30.4 Å². The van der Waals surface area contributed by atoms with Gasteiger partial charge >= 0.3 is 5.97 Å². The van der Waals surface area contributed by atoms with Crippen molar-refractivity contribution >= 4 is 23.5 Å². The Morgan fingerprint density at radius 2 is 1.57 bits per heavy atom. The van der Waals surface area contributed by atoms with Crippen LogP contribution >= 0.6 is 0 Å². The third-order valence-corrected chi connectivity index (χ3v) is 4.80. The number of carbonyl (C=O) groups excluding carboxylic acids is 3. The van der Waals surface area contributed by atoms with E-state index in [9.17, 15) is 14.4 Å². The lowest BCUT2D eigenvalue weighted by atomic mass is 10.0. The van der Waals surface area contributed by atoms with Gasteiger partial charge in [-0.3, -0.25) is 9.59 Å². The zero-order chi connectivity index (χ0) is 22.3. The molecule has 0 spiro atoms. The van der Waals surface area contributed by atoms with Gasteiger partial charge in [0.2, 0.25) is 0 Å². The van der Waals surface area contributed by atoms with E-state index in [1.54, 1.807) is 26.0 Å². The highest BCUT2D eigenvalue weighted by Gasteiger charge is 2.27. The maximum atomic E-state index is 12.5. The van der Waals surface area contributed by atoms with Crippen molar-refractivity contribution in [3.63, 3.8) is 0 Å². The number of hydrogen-bond donors (Lipinski definition) is 2. The van der Waals surface area contributed by atoms with Gasteiger partial charge in [-0.15, -0.1) is 0 Å². The van der Waals surface area contributed by atoms with Crippen LogP contribution in [0.15, 0.2) is 48.5 Å². The maximum Gasteiger partial charge on any atom is 0.329 e. The number of carbonyl (C=O) groups is 3. The summed E-state index contributed by atoms with van der Waals surface area (Å²) in [6.07, 6.45) is 0. The molecule has 2 aromatic rings. The Morgan fingerprint density at radius 3 is 2.13 bits per heavy atom. The summed E-state index contributed by atoms with van der Waals surface area (Å²) < 4.78 is 5.16. The molecule has 2 amide bonds. The molecule has 2 N–H and O–H groups in total. The van der Waals surface area contributed by atoms with Crippen molar-refractivity contribution in [2.45, 2.75) is 46.6 Å². The lowest BCUT2D eigenvalue weighted by Gasteiger charge is -2.21. The molecule has 0 saturated carbocycles. The van der Waals surface area contributed by atoms with Gasteiger partial charge in [-0.1, -0.05) is 58.0 Å². The molecule has 0 saturated heterocycles. The van der Waals surface area contributed by atoms with Gasteiger partial charge in [0.1, 0.15) is 6.04 Å².